The largest absolute Gasteiger partial charge is 0.316 e. The Kier molecular flexibility index (Phi) is 6.17. The van der Waals surface area contributed by atoms with Crippen LogP contribution in [0.4, 0.5) is 0 Å². The lowest BCUT2D eigenvalue weighted by Crippen LogP contribution is -2.24. The van der Waals surface area contributed by atoms with Crippen LogP contribution in [0.3, 0.4) is 0 Å². The summed E-state index contributed by atoms with van der Waals surface area (Å²) in [7, 11) is -0.243. The second-order valence-corrected chi connectivity index (χ2v) is 7.96. The minimum Gasteiger partial charge on any atom is -0.316 e. The van der Waals surface area contributed by atoms with Crippen LogP contribution in [-0.4, -0.2) is 39.9 Å². The third-order valence-electron chi connectivity index (χ3n) is 3.23. The van der Waals surface area contributed by atoms with Gasteiger partial charge in [-0.05, 0) is 36.1 Å². The molecule has 5 heteroatoms. The fraction of sp³-hybridized carbons (Fsp3) is 0.600. The van der Waals surface area contributed by atoms with Crippen LogP contribution in [0.5, 0.6) is 0 Å². The van der Waals surface area contributed by atoms with E-state index in [-0.39, 0.29) is 0 Å². The predicted molar refractivity (Wildman–Crippen MR) is 83.4 cm³/mol. The van der Waals surface area contributed by atoms with Gasteiger partial charge in [0, 0.05) is 20.6 Å². The third kappa shape index (κ3) is 4.58. The van der Waals surface area contributed by atoms with Crippen molar-refractivity contribution < 1.29 is 8.42 Å². The molecule has 0 radical (unpaired) electrons. The molecule has 0 aromatic heterocycles. The molecule has 1 atom stereocenters. The van der Waals surface area contributed by atoms with Crippen molar-refractivity contribution >= 4 is 10.0 Å². The standard InChI is InChI=1S/C15H26N2O2S/c1-12(2)10-16-11-13(3)14-6-8-15(9-7-14)20(18,19)17(4)5/h6-9,12-13,16H,10-11H2,1-5H3. The van der Waals surface area contributed by atoms with Gasteiger partial charge in [0.25, 0.3) is 0 Å². The second-order valence-electron chi connectivity index (χ2n) is 5.81. The van der Waals surface area contributed by atoms with E-state index in [1.54, 1.807) is 26.2 Å². The molecular weight excluding hydrogens is 272 g/mol. The summed E-state index contributed by atoms with van der Waals surface area (Å²) < 4.78 is 25.2. The van der Waals surface area contributed by atoms with Gasteiger partial charge >= 0.3 is 0 Å². The molecule has 0 saturated heterocycles. The molecule has 1 unspecified atom stereocenters. The first-order valence-electron chi connectivity index (χ1n) is 6.98. The van der Waals surface area contributed by atoms with Crippen LogP contribution in [-0.2, 0) is 10.0 Å². The molecule has 0 spiro atoms. The van der Waals surface area contributed by atoms with Crippen molar-refractivity contribution in [2.45, 2.75) is 31.6 Å². The lowest BCUT2D eigenvalue weighted by molar-refractivity contribution is 0.520. The van der Waals surface area contributed by atoms with Gasteiger partial charge in [-0.2, -0.15) is 0 Å². The number of sulfonamides is 1. The Hall–Kier alpha value is -0.910. The van der Waals surface area contributed by atoms with Gasteiger partial charge in [-0.1, -0.05) is 32.9 Å². The maximum absolute atomic E-state index is 12.0. The summed E-state index contributed by atoms with van der Waals surface area (Å²) in [6.07, 6.45) is 0. The number of rotatable bonds is 7. The van der Waals surface area contributed by atoms with Crippen molar-refractivity contribution in [3.8, 4) is 0 Å². The smallest absolute Gasteiger partial charge is 0.242 e. The molecule has 0 saturated carbocycles. The molecule has 0 aliphatic carbocycles. The summed E-state index contributed by atoms with van der Waals surface area (Å²) in [5.74, 6) is 1.000. The number of nitrogens with one attached hydrogen (secondary N) is 1. The zero-order valence-corrected chi connectivity index (χ0v) is 13.9. The molecule has 1 aromatic rings. The maximum atomic E-state index is 12.0. The Morgan fingerprint density at radius 1 is 1.05 bits per heavy atom. The summed E-state index contributed by atoms with van der Waals surface area (Å²) in [5, 5.41) is 3.42. The molecular formula is C15H26N2O2S. The quantitative estimate of drug-likeness (QED) is 0.840. The van der Waals surface area contributed by atoms with Crippen LogP contribution in [0, 0.1) is 5.92 Å². The normalized spacial score (nSPS) is 13.9. The minimum atomic E-state index is -3.33. The highest BCUT2D eigenvalue weighted by Crippen LogP contribution is 2.19. The molecule has 1 rings (SSSR count). The predicted octanol–water partition coefficient (Wildman–Crippen LogP) is 2.29. The van der Waals surface area contributed by atoms with E-state index in [1.165, 1.54) is 4.31 Å². The zero-order valence-electron chi connectivity index (χ0n) is 13.1. The Morgan fingerprint density at radius 3 is 2.05 bits per heavy atom. The van der Waals surface area contributed by atoms with Crippen LogP contribution in [0.1, 0.15) is 32.3 Å². The van der Waals surface area contributed by atoms with Crippen molar-refractivity contribution in [1.29, 1.82) is 0 Å². The summed E-state index contributed by atoms with van der Waals surface area (Å²) in [4.78, 5) is 0.341. The van der Waals surface area contributed by atoms with Gasteiger partial charge < -0.3 is 5.32 Å². The summed E-state index contributed by atoms with van der Waals surface area (Å²) in [6, 6.07) is 7.17. The Bertz CT molecular complexity index is 507. The molecule has 0 aliphatic heterocycles. The van der Waals surface area contributed by atoms with Crippen LogP contribution < -0.4 is 5.32 Å². The molecule has 0 amide bonds. The molecule has 114 valence electrons. The topological polar surface area (TPSA) is 49.4 Å². The van der Waals surface area contributed by atoms with Crippen molar-refractivity contribution in [3.05, 3.63) is 29.8 Å². The van der Waals surface area contributed by atoms with Gasteiger partial charge in [0.15, 0.2) is 0 Å². The average Bonchev–Trinajstić information content (AvgIpc) is 2.38. The fourth-order valence-corrected chi connectivity index (χ4v) is 2.79. The van der Waals surface area contributed by atoms with E-state index >= 15 is 0 Å². The molecule has 0 aliphatic rings. The van der Waals surface area contributed by atoms with Crippen molar-refractivity contribution in [3.63, 3.8) is 0 Å². The van der Waals surface area contributed by atoms with E-state index in [0.29, 0.717) is 16.7 Å². The van der Waals surface area contributed by atoms with E-state index in [4.69, 9.17) is 0 Å². The molecule has 1 N–H and O–H groups in total. The maximum Gasteiger partial charge on any atom is 0.242 e. The summed E-state index contributed by atoms with van der Waals surface area (Å²) >= 11 is 0. The first-order chi connectivity index (χ1) is 9.25. The van der Waals surface area contributed by atoms with Gasteiger partial charge in [-0.15, -0.1) is 0 Å². The van der Waals surface area contributed by atoms with Crippen molar-refractivity contribution in [1.82, 2.24) is 9.62 Å². The lowest BCUT2D eigenvalue weighted by Gasteiger charge is -2.16. The Labute approximate surface area is 123 Å². The molecule has 1 aromatic carbocycles. The van der Waals surface area contributed by atoms with Crippen LogP contribution in [0.15, 0.2) is 29.2 Å². The van der Waals surface area contributed by atoms with Crippen molar-refractivity contribution in [2.75, 3.05) is 27.2 Å². The number of hydrogen-bond acceptors (Lipinski definition) is 3. The number of nitrogens with zero attached hydrogens (tertiary/aromatic N) is 1. The van der Waals surface area contributed by atoms with Gasteiger partial charge in [0.1, 0.15) is 0 Å². The zero-order chi connectivity index (χ0) is 15.3. The van der Waals surface area contributed by atoms with E-state index in [2.05, 4.69) is 26.1 Å². The molecule has 0 fully saturated rings. The minimum absolute atomic E-state index is 0.341. The molecule has 20 heavy (non-hydrogen) atoms. The van der Waals surface area contributed by atoms with Gasteiger partial charge in [-0.25, -0.2) is 12.7 Å². The van der Waals surface area contributed by atoms with Crippen molar-refractivity contribution in [2.24, 2.45) is 5.92 Å². The first-order valence-corrected chi connectivity index (χ1v) is 8.42. The molecule has 0 bridgehead atoms. The summed E-state index contributed by atoms with van der Waals surface area (Å²) in [5.41, 5.74) is 1.15. The van der Waals surface area contributed by atoms with Crippen LogP contribution in [0.25, 0.3) is 0 Å². The summed E-state index contributed by atoms with van der Waals surface area (Å²) in [6.45, 7) is 8.40. The number of hydrogen-bond donors (Lipinski definition) is 1. The van der Waals surface area contributed by atoms with Crippen LogP contribution in [0.2, 0.25) is 0 Å². The second kappa shape index (κ2) is 7.20. The van der Waals surface area contributed by atoms with Gasteiger partial charge in [-0.3, -0.25) is 0 Å². The van der Waals surface area contributed by atoms with E-state index in [9.17, 15) is 8.42 Å². The monoisotopic (exact) mass is 298 g/mol. The highest BCUT2D eigenvalue weighted by atomic mass is 32.2. The Morgan fingerprint density at radius 2 is 1.60 bits per heavy atom. The molecule has 0 heterocycles. The Balaban J connectivity index is 2.72. The SMILES string of the molecule is CC(C)CNCC(C)c1ccc(S(=O)(=O)N(C)C)cc1. The third-order valence-corrected chi connectivity index (χ3v) is 5.06. The van der Waals surface area contributed by atoms with Gasteiger partial charge in [0.05, 0.1) is 4.90 Å². The first kappa shape index (κ1) is 17.1. The van der Waals surface area contributed by atoms with E-state index in [1.807, 2.05) is 12.1 Å². The highest BCUT2D eigenvalue weighted by molar-refractivity contribution is 7.89. The van der Waals surface area contributed by atoms with Crippen LogP contribution >= 0.6 is 0 Å². The van der Waals surface area contributed by atoms with Gasteiger partial charge in [0.2, 0.25) is 10.0 Å². The molecule has 4 nitrogen and oxygen atoms in total. The van der Waals surface area contributed by atoms with E-state index in [0.717, 1.165) is 18.7 Å². The van der Waals surface area contributed by atoms with E-state index < -0.39 is 10.0 Å². The fourth-order valence-electron chi connectivity index (χ4n) is 1.89. The lowest BCUT2D eigenvalue weighted by atomic mass is 10.0. The average molecular weight is 298 g/mol. The highest BCUT2D eigenvalue weighted by Gasteiger charge is 2.17. The number of benzene rings is 1.